The number of H-pyrrole nitrogens is 1. The first-order valence-electron chi connectivity index (χ1n) is 13.9. The van der Waals surface area contributed by atoms with Crippen LogP contribution in [0.25, 0.3) is 33.5 Å². The molecule has 3 aromatic heterocycles. The summed E-state index contributed by atoms with van der Waals surface area (Å²) in [5.41, 5.74) is 5.71. The van der Waals surface area contributed by atoms with Crippen LogP contribution in [-0.2, 0) is 23.2 Å². The molecule has 0 aliphatic carbocycles. The summed E-state index contributed by atoms with van der Waals surface area (Å²) in [4.78, 5) is 41.8. The maximum Gasteiger partial charge on any atom is 0.272 e. The van der Waals surface area contributed by atoms with E-state index in [2.05, 4.69) is 25.8 Å². The van der Waals surface area contributed by atoms with Crippen molar-refractivity contribution in [3.8, 4) is 22.6 Å². The Bertz CT molecular complexity index is 1810. The van der Waals surface area contributed by atoms with Crippen LogP contribution in [0.4, 0.5) is 5.82 Å². The monoisotopic (exact) mass is 560 g/mol. The van der Waals surface area contributed by atoms with Crippen LogP contribution in [0.1, 0.15) is 41.2 Å². The number of nitrogens with zero attached hydrogens (tertiary/aromatic N) is 5. The van der Waals surface area contributed by atoms with Crippen molar-refractivity contribution in [1.82, 2.24) is 35.4 Å². The lowest BCUT2D eigenvalue weighted by molar-refractivity contribution is -0.125. The van der Waals surface area contributed by atoms with Crippen LogP contribution in [-0.4, -0.2) is 62.5 Å². The van der Waals surface area contributed by atoms with Crippen molar-refractivity contribution < 1.29 is 9.59 Å². The minimum atomic E-state index is -0.661. The van der Waals surface area contributed by atoms with Crippen molar-refractivity contribution in [2.45, 2.75) is 32.2 Å². The smallest absolute Gasteiger partial charge is 0.272 e. The number of anilines is 1. The summed E-state index contributed by atoms with van der Waals surface area (Å²) in [6, 6.07) is 19.4. The van der Waals surface area contributed by atoms with E-state index in [4.69, 9.17) is 9.97 Å². The first-order chi connectivity index (χ1) is 20.3. The van der Waals surface area contributed by atoms with Gasteiger partial charge in [-0.05, 0) is 44.0 Å². The zero-order chi connectivity index (χ0) is 29.4. The predicted octanol–water partition coefficient (Wildman–Crippen LogP) is 4.35. The van der Waals surface area contributed by atoms with Crippen molar-refractivity contribution in [3.05, 3.63) is 89.4 Å². The van der Waals surface area contributed by atoms with Crippen LogP contribution in [0.5, 0.6) is 0 Å². The highest BCUT2D eigenvalue weighted by atomic mass is 16.2. The third-order valence-electron chi connectivity index (χ3n) is 7.94. The van der Waals surface area contributed by atoms with E-state index < -0.39 is 5.41 Å². The largest absolute Gasteiger partial charge is 0.373 e. The molecule has 212 valence electrons. The Morgan fingerprint density at radius 1 is 0.976 bits per heavy atom. The highest BCUT2D eigenvalue weighted by Crippen LogP contribution is 2.30. The van der Waals surface area contributed by atoms with Crippen LogP contribution >= 0.6 is 0 Å². The summed E-state index contributed by atoms with van der Waals surface area (Å²) in [6.45, 7) is 4.67. The molecule has 1 aliphatic heterocycles. The number of rotatable bonds is 6. The van der Waals surface area contributed by atoms with Gasteiger partial charge in [0.05, 0.1) is 28.9 Å². The Kier molecular flexibility index (Phi) is 6.89. The number of pyridine rings is 1. The average Bonchev–Trinajstić information content (AvgIpc) is 3.53. The predicted molar refractivity (Wildman–Crippen MR) is 162 cm³/mol. The van der Waals surface area contributed by atoms with Gasteiger partial charge in [-0.3, -0.25) is 19.7 Å². The first kappa shape index (κ1) is 27.1. The third-order valence-corrected chi connectivity index (χ3v) is 7.94. The quantitative estimate of drug-likeness (QED) is 0.282. The summed E-state index contributed by atoms with van der Waals surface area (Å²) < 4.78 is 0. The Labute approximate surface area is 243 Å². The molecule has 0 unspecified atom stereocenters. The minimum absolute atomic E-state index is 0.0563. The van der Waals surface area contributed by atoms with Gasteiger partial charge in [-0.15, -0.1) is 0 Å². The highest BCUT2D eigenvalue weighted by Gasteiger charge is 2.29. The van der Waals surface area contributed by atoms with Crippen molar-refractivity contribution in [3.63, 3.8) is 0 Å². The second-order valence-corrected chi connectivity index (χ2v) is 10.9. The van der Waals surface area contributed by atoms with E-state index >= 15 is 0 Å². The van der Waals surface area contributed by atoms with Gasteiger partial charge < -0.3 is 15.5 Å². The molecule has 0 saturated heterocycles. The normalized spacial score (nSPS) is 13.1. The second-order valence-electron chi connectivity index (χ2n) is 10.9. The molecule has 10 heteroatoms. The van der Waals surface area contributed by atoms with E-state index in [1.165, 1.54) is 0 Å². The lowest BCUT2D eigenvalue weighted by atomic mass is 9.83. The number of para-hydroxylation sites is 1. The van der Waals surface area contributed by atoms with Crippen LogP contribution in [0, 0.1) is 0 Å². The fourth-order valence-corrected chi connectivity index (χ4v) is 5.38. The first-order valence-corrected chi connectivity index (χ1v) is 13.9. The molecule has 42 heavy (non-hydrogen) atoms. The lowest BCUT2D eigenvalue weighted by Crippen LogP contribution is -2.37. The number of amides is 2. The fourth-order valence-electron chi connectivity index (χ4n) is 5.38. The number of benzene rings is 2. The van der Waals surface area contributed by atoms with Crippen molar-refractivity contribution >= 4 is 28.5 Å². The molecule has 0 saturated carbocycles. The summed E-state index contributed by atoms with van der Waals surface area (Å²) in [7, 11) is 3.48. The molecule has 0 bridgehead atoms. The summed E-state index contributed by atoms with van der Waals surface area (Å²) >= 11 is 0. The van der Waals surface area contributed by atoms with Crippen LogP contribution < -0.4 is 10.6 Å². The fraction of sp³-hybridized carbons (Fsp3) is 0.250. The molecular formula is C32H32N8O2. The molecule has 0 spiro atoms. The molecule has 4 heterocycles. The molecule has 5 aromatic rings. The number of aromatic nitrogens is 5. The Morgan fingerprint density at radius 2 is 1.76 bits per heavy atom. The molecule has 2 aromatic carbocycles. The van der Waals surface area contributed by atoms with Gasteiger partial charge in [0.1, 0.15) is 11.5 Å². The molecule has 2 amide bonds. The summed E-state index contributed by atoms with van der Waals surface area (Å²) in [5.74, 6) is 1.13. The molecule has 0 radical (unpaired) electrons. The highest BCUT2D eigenvalue weighted by molar-refractivity contribution is 5.93. The van der Waals surface area contributed by atoms with Gasteiger partial charge in [0.2, 0.25) is 5.91 Å². The Morgan fingerprint density at radius 3 is 2.52 bits per heavy atom. The summed E-state index contributed by atoms with van der Waals surface area (Å²) in [5, 5.41) is 14.3. The Hall–Kier alpha value is -5.12. The number of carbonyl (C=O) groups excluding carboxylic acids is 2. The summed E-state index contributed by atoms with van der Waals surface area (Å²) in [6.07, 6.45) is 2.42. The molecular weight excluding hydrogens is 528 g/mol. The zero-order valence-electron chi connectivity index (χ0n) is 24.0. The molecule has 3 N–H and O–H groups in total. The van der Waals surface area contributed by atoms with Crippen LogP contribution in [0.3, 0.4) is 0 Å². The van der Waals surface area contributed by atoms with Crippen molar-refractivity contribution in [2.75, 3.05) is 26.0 Å². The molecule has 0 fully saturated rings. The number of fused-ring (bicyclic) bond motifs is 2. The van der Waals surface area contributed by atoms with E-state index in [0.717, 1.165) is 44.7 Å². The van der Waals surface area contributed by atoms with Crippen LogP contribution in [0.2, 0.25) is 0 Å². The number of likely N-dealkylation sites (N-methyl/N-ethyl adjacent to an activating group) is 1. The van der Waals surface area contributed by atoms with E-state index in [9.17, 15) is 9.59 Å². The molecule has 10 nitrogen and oxygen atoms in total. The zero-order valence-corrected chi connectivity index (χ0v) is 24.0. The average molecular weight is 561 g/mol. The van der Waals surface area contributed by atoms with Crippen molar-refractivity contribution in [1.29, 1.82) is 0 Å². The lowest BCUT2D eigenvalue weighted by Gasteiger charge is -2.29. The van der Waals surface area contributed by atoms with Crippen LogP contribution in [0.15, 0.2) is 66.9 Å². The van der Waals surface area contributed by atoms with Gasteiger partial charge in [-0.2, -0.15) is 5.10 Å². The topological polar surface area (TPSA) is 129 Å². The standard InChI is InChI=1S/C32H32N8O2/c1-32(2,31(42)34-4)22-11-9-19(10-12-22)25-16-26(39-38-25)30(41)40-14-13-23-27(18-40)36-28(37-29(23)33-3)21-15-20-7-5-6-8-24(20)35-17-21/h5-12,15-17H,13-14,18H2,1-4H3,(H,34,42)(H,38,39)(H,33,36,37). The number of aromatic amines is 1. The second kappa shape index (κ2) is 10.7. The van der Waals surface area contributed by atoms with Gasteiger partial charge in [0, 0.05) is 48.9 Å². The number of hydrogen-bond donors (Lipinski definition) is 3. The minimum Gasteiger partial charge on any atom is -0.373 e. The van der Waals surface area contributed by atoms with Gasteiger partial charge >= 0.3 is 0 Å². The third kappa shape index (κ3) is 4.85. The Balaban J connectivity index is 1.23. The van der Waals surface area contributed by atoms with E-state index in [1.807, 2.05) is 75.5 Å². The molecule has 0 atom stereocenters. The molecule has 1 aliphatic rings. The van der Waals surface area contributed by atoms with Gasteiger partial charge in [-0.1, -0.05) is 42.5 Å². The molecule has 6 rings (SSSR count). The van der Waals surface area contributed by atoms with E-state index in [-0.39, 0.29) is 11.8 Å². The number of carbonyl (C=O) groups is 2. The van der Waals surface area contributed by atoms with Gasteiger partial charge in [0.25, 0.3) is 5.91 Å². The maximum atomic E-state index is 13.5. The van der Waals surface area contributed by atoms with Gasteiger partial charge in [-0.25, -0.2) is 9.97 Å². The number of hydrogen-bond acceptors (Lipinski definition) is 7. The maximum absolute atomic E-state index is 13.5. The van der Waals surface area contributed by atoms with Crippen molar-refractivity contribution in [2.24, 2.45) is 0 Å². The van der Waals surface area contributed by atoms with E-state index in [1.54, 1.807) is 24.2 Å². The van der Waals surface area contributed by atoms with Gasteiger partial charge in [0.15, 0.2) is 5.82 Å². The number of nitrogens with one attached hydrogen (secondary N) is 3. The SMILES string of the molecule is CNC(=O)C(C)(C)c1ccc(-c2cc(C(=O)N3CCc4c(nc(-c5cnc6ccccc6c5)nc4NC)C3)[nH]n2)cc1. The van der Waals surface area contributed by atoms with E-state index in [0.29, 0.717) is 36.7 Å².